The minimum absolute atomic E-state index is 0.0152. The summed E-state index contributed by atoms with van der Waals surface area (Å²) >= 11 is 0. The molecule has 0 bridgehead atoms. The number of allylic oxidation sites excluding steroid dienone is 2. The summed E-state index contributed by atoms with van der Waals surface area (Å²) in [6.45, 7) is 32.5. The fourth-order valence-electron chi connectivity index (χ4n) is 11.3. The molecule has 23 nitrogen and oxygen atoms in total. The molecule has 1 aliphatic rings. The van der Waals surface area contributed by atoms with Gasteiger partial charge in [-0.1, -0.05) is 109 Å². The molecule has 1 aliphatic heterocycles. The SMILES string of the molecule is C/C=C/C[C@@H](C)[C@@H](O)[C@H]1C(=O)N[C@@H](CC)C(=O)N(C)CC(=O)N(C)[C@@H](CC(C)C)C(=O)N[C@@H](C(C)C)C(=O)N(C)[C@@H](CC(C)C)C(=O)N[C@@H](C)C(=O)N[C@H](C)C(=O)N(C)[C@@H](CC(C)C)C(=O)N(C)[C@@](C)(CC(C)C)C(=O)N(C)[C@@](C)(C(C)C)C(=O)N1C. The topological polar surface area (TPSA) is 279 Å². The maximum Gasteiger partial charge on any atom is 0.249 e. The molecule has 0 aromatic heterocycles. The van der Waals surface area contributed by atoms with Crippen LogP contribution in [0.15, 0.2) is 12.2 Å². The summed E-state index contributed by atoms with van der Waals surface area (Å²) in [7, 11) is 9.95. The number of hydrogen-bond donors (Lipinski definition) is 5. The zero-order chi connectivity index (χ0) is 67.8. The quantitative estimate of drug-likeness (QED) is 0.145. The number of nitrogens with zero attached hydrogens (tertiary/aromatic N) is 7. The van der Waals surface area contributed by atoms with E-state index in [0.717, 1.165) is 9.80 Å². The molecule has 0 radical (unpaired) electrons. The number of rotatable bonds is 15. The number of nitrogens with one attached hydrogen (secondary N) is 4. The van der Waals surface area contributed by atoms with Gasteiger partial charge in [0, 0.05) is 49.3 Å². The largest absolute Gasteiger partial charge is 0.390 e. The second-order valence-electron chi connectivity index (χ2n) is 27.3. The monoisotopic (exact) mass is 1230 g/mol. The van der Waals surface area contributed by atoms with Crippen molar-refractivity contribution in [3.05, 3.63) is 12.2 Å². The first-order valence-corrected chi connectivity index (χ1v) is 31.3. The van der Waals surface area contributed by atoms with Gasteiger partial charge in [0.25, 0.3) is 0 Å². The van der Waals surface area contributed by atoms with Crippen LogP contribution < -0.4 is 21.3 Å². The summed E-state index contributed by atoms with van der Waals surface area (Å²) in [5, 5.41) is 23.2. The van der Waals surface area contributed by atoms with Gasteiger partial charge < -0.3 is 60.7 Å². The fourth-order valence-corrected chi connectivity index (χ4v) is 11.3. The number of likely N-dealkylation sites (N-methyl/N-ethyl adjacent to an activating group) is 7. The summed E-state index contributed by atoms with van der Waals surface area (Å²) in [4.78, 5) is 170. The van der Waals surface area contributed by atoms with Crippen LogP contribution >= 0.6 is 0 Å². The molecular formula is C64H115N11O12. The number of carbonyl (C=O) groups is 11. The first kappa shape index (κ1) is 78.9. The zero-order valence-corrected chi connectivity index (χ0v) is 57.9. The molecule has 23 heteroatoms. The standard InChI is InChI=1S/C64H115N11O12/c1-27-29-30-42(15)52(77)51-56(81)67-45(28-2)58(83)69(20)35-49(76)70(21)46(31-36(3)4)55(80)68-50(40(11)12)60(85)71(22)47(32-37(5)6)54(79)65-43(16)53(78)66-44(17)57(82)72(23)48(33-38(7)8)59(84)74(25)63(18,34-39(9)10)61(86)75(26)64(19,41(13)14)62(87)73(51)24/h27,29,36-48,50-52,77H,28,30-35H2,1-26H3,(H,65,79)(H,66,78)(H,67,81)(H,68,80)/b29-27+/t42-,43+,44-,45+,46+,47+,48+,50+,51+,52-,63+,64+/m1/s1. The predicted octanol–water partition coefficient (Wildman–Crippen LogP) is 4.05. The van der Waals surface area contributed by atoms with Gasteiger partial charge in [-0.05, 0) is 115 Å². The molecule has 1 rings (SSSR count). The third-order valence-electron chi connectivity index (χ3n) is 17.5. The molecule has 0 aromatic carbocycles. The molecule has 1 heterocycles. The van der Waals surface area contributed by atoms with Gasteiger partial charge in [0.15, 0.2) is 0 Å². The van der Waals surface area contributed by atoms with Crippen molar-refractivity contribution < 1.29 is 57.8 Å². The van der Waals surface area contributed by atoms with Crippen LogP contribution in [0.25, 0.3) is 0 Å². The second-order valence-corrected chi connectivity index (χ2v) is 27.3. The van der Waals surface area contributed by atoms with Crippen molar-refractivity contribution in [2.75, 3.05) is 55.9 Å². The molecule has 1 saturated heterocycles. The minimum Gasteiger partial charge on any atom is -0.390 e. The van der Waals surface area contributed by atoms with Crippen LogP contribution in [-0.4, -0.2) is 226 Å². The Balaban J connectivity index is 4.44. The van der Waals surface area contributed by atoms with Gasteiger partial charge in [-0.3, -0.25) is 52.7 Å². The molecule has 12 atom stereocenters. The highest BCUT2D eigenvalue weighted by molar-refractivity contribution is 6.01. The Hall–Kier alpha value is -6.13. The van der Waals surface area contributed by atoms with Gasteiger partial charge in [0.05, 0.1) is 12.6 Å². The lowest BCUT2D eigenvalue weighted by Gasteiger charge is -2.50. The Morgan fingerprint density at radius 3 is 1.47 bits per heavy atom. The van der Waals surface area contributed by atoms with Gasteiger partial charge in [0.2, 0.25) is 65.0 Å². The van der Waals surface area contributed by atoms with Gasteiger partial charge in [-0.15, -0.1) is 0 Å². The van der Waals surface area contributed by atoms with Crippen LogP contribution in [0.1, 0.15) is 170 Å². The van der Waals surface area contributed by atoms with E-state index < -0.39 is 155 Å². The van der Waals surface area contributed by atoms with E-state index in [1.807, 2.05) is 61.5 Å². The van der Waals surface area contributed by atoms with Gasteiger partial charge >= 0.3 is 0 Å². The van der Waals surface area contributed by atoms with Crippen LogP contribution in [0.2, 0.25) is 0 Å². The lowest BCUT2D eigenvalue weighted by Crippen LogP contribution is -2.70. The Kier molecular flexibility index (Phi) is 30.8. The Labute approximate surface area is 521 Å². The van der Waals surface area contributed by atoms with Crippen LogP contribution in [0.3, 0.4) is 0 Å². The predicted molar refractivity (Wildman–Crippen MR) is 338 cm³/mol. The highest BCUT2D eigenvalue weighted by Crippen LogP contribution is 2.35. The van der Waals surface area contributed by atoms with E-state index in [0.29, 0.717) is 6.42 Å². The molecule has 1 fully saturated rings. The van der Waals surface area contributed by atoms with E-state index in [1.165, 1.54) is 87.7 Å². The van der Waals surface area contributed by atoms with Gasteiger partial charge in [-0.2, -0.15) is 0 Å². The summed E-state index contributed by atoms with van der Waals surface area (Å²) < 4.78 is 0. The van der Waals surface area contributed by atoms with E-state index in [4.69, 9.17) is 0 Å². The molecule has 0 spiro atoms. The van der Waals surface area contributed by atoms with E-state index >= 15 is 14.4 Å². The molecule has 0 unspecified atom stereocenters. The van der Waals surface area contributed by atoms with Crippen LogP contribution in [0, 0.1) is 41.4 Å². The molecular weight excluding hydrogens is 1110 g/mol. The summed E-state index contributed by atoms with van der Waals surface area (Å²) in [5.41, 5.74) is -3.44. The summed E-state index contributed by atoms with van der Waals surface area (Å²) in [6, 6.07) is -10.0. The molecule has 87 heavy (non-hydrogen) atoms. The van der Waals surface area contributed by atoms with E-state index in [9.17, 15) is 43.5 Å². The fraction of sp³-hybridized carbons (Fsp3) is 0.797. The Morgan fingerprint density at radius 1 is 0.540 bits per heavy atom. The maximum absolute atomic E-state index is 15.6. The van der Waals surface area contributed by atoms with Crippen molar-refractivity contribution in [2.45, 2.75) is 236 Å². The summed E-state index contributed by atoms with van der Waals surface area (Å²) in [5.74, 6) is -9.96. The second kappa shape index (κ2) is 34.0. The first-order valence-electron chi connectivity index (χ1n) is 31.3. The zero-order valence-electron chi connectivity index (χ0n) is 57.9. The molecule has 0 saturated carbocycles. The van der Waals surface area contributed by atoms with E-state index in [-0.39, 0.29) is 55.8 Å². The first-order chi connectivity index (χ1) is 39.9. The van der Waals surface area contributed by atoms with E-state index in [2.05, 4.69) is 21.3 Å². The highest BCUT2D eigenvalue weighted by Gasteiger charge is 2.54. The summed E-state index contributed by atoms with van der Waals surface area (Å²) in [6.07, 6.45) is 2.94. The molecule has 0 aliphatic carbocycles. The van der Waals surface area contributed by atoms with Crippen molar-refractivity contribution in [2.24, 2.45) is 41.4 Å². The number of hydrogen-bond acceptors (Lipinski definition) is 12. The van der Waals surface area contributed by atoms with Crippen molar-refractivity contribution in [3.63, 3.8) is 0 Å². The van der Waals surface area contributed by atoms with Crippen molar-refractivity contribution >= 4 is 65.0 Å². The normalized spacial score (nSPS) is 28.3. The number of carbonyl (C=O) groups excluding carboxylic acids is 11. The van der Waals surface area contributed by atoms with Crippen molar-refractivity contribution in [1.29, 1.82) is 0 Å². The number of aliphatic hydroxyl groups is 1. The maximum atomic E-state index is 15.6. The number of aliphatic hydroxyl groups excluding tert-OH is 1. The number of amides is 11. The lowest BCUT2D eigenvalue weighted by atomic mass is 9.80. The molecule has 0 aromatic rings. The average Bonchev–Trinajstić information content (AvgIpc) is 0.839. The third kappa shape index (κ3) is 20.2. The van der Waals surface area contributed by atoms with Crippen LogP contribution in [0.4, 0.5) is 0 Å². The minimum atomic E-state index is -1.77. The Morgan fingerprint density at radius 2 is 1.01 bits per heavy atom. The lowest BCUT2D eigenvalue weighted by molar-refractivity contribution is -0.168. The molecule has 5 N–H and O–H groups in total. The molecule has 498 valence electrons. The molecule has 11 amide bonds. The van der Waals surface area contributed by atoms with Gasteiger partial charge in [-0.25, -0.2) is 0 Å². The van der Waals surface area contributed by atoms with Crippen molar-refractivity contribution in [1.82, 2.24) is 55.6 Å². The van der Waals surface area contributed by atoms with Crippen LogP contribution in [0.5, 0.6) is 0 Å². The van der Waals surface area contributed by atoms with Crippen molar-refractivity contribution in [3.8, 4) is 0 Å². The Bertz CT molecular complexity index is 2430. The van der Waals surface area contributed by atoms with Crippen LogP contribution in [-0.2, 0) is 52.7 Å². The smallest absolute Gasteiger partial charge is 0.249 e. The average molecular weight is 1230 g/mol. The van der Waals surface area contributed by atoms with Gasteiger partial charge in [0.1, 0.15) is 59.4 Å². The highest BCUT2D eigenvalue weighted by atomic mass is 16.3. The third-order valence-corrected chi connectivity index (χ3v) is 17.5. The van der Waals surface area contributed by atoms with E-state index in [1.54, 1.807) is 68.4 Å².